The summed E-state index contributed by atoms with van der Waals surface area (Å²) in [6.07, 6.45) is 3.81. The standard InChI is InChI=1S/C22H20N4O3S/c1-27-16-7-3-14(4-8-16)19-11-26-13-23-20(18(26)12-28-19)22-24-21(25-29-22)15-5-9-17(30-2)10-6-15/h3-10,13,19H,11-12H2,1-2H3. The van der Waals surface area contributed by atoms with Gasteiger partial charge >= 0.3 is 0 Å². The van der Waals surface area contributed by atoms with Gasteiger partial charge in [-0.05, 0) is 48.2 Å². The van der Waals surface area contributed by atoms with Crippen molar-refractivity contribution in [2.75, 3.05) is 13.4 Å². The Hall–Kier alpha value is -3.10. The lowest BCUT2D eigenvalue weighted by Crippen LogP contribution is -2.20. The number of methoxy groups -OCH3 is 1. The molecule has 4 aromatic rings. The fourth-order valence-electron chi connectivity index (χ4n) is 3.50. The smallest absolute Gasteiger partial charge is 0.278 e. The molecule has 0 aliphatic carbocycles. The van der Waals surface area contributed by atoms with Crippen molar-refractivity contribution >= 4 is 11.8 Å². The first-order valence-corrected chi connectivity index (χ1v) is 10.8. The second-order valence-corrected chi connectivity index (χ2v) is 7.80. The largest absolute Gasteiger partial charge is 0.497 e. The fraction of sp³-hybridized carbons (Fsp3) is 0.227. The van der Waals surface area contributed by atoms with Gasteiger partial charge < -0.3 is 18.6 Å². The number of nitrogens with zero attached hydrogens (tertiary/aromatic N) is 4. The van der Waals surface area contributed by atoms with Crippen LogP contribution in [0.1, 0.15) is 17.4 Å². The Kier molecular flexibility index (Phi) is 5.02. The first kappa shape index (κ1) is 18.9. The lowest BCUT2D eigenvalue weighted by Gasteiger charge is -2.25. The molecule has 8 heteroatoms. The second-order valence-electron chi connectivity index (χ2n) is 6.92. The van der Waals surface area contributed by atoms with Crippen molar-refractivity contribution in [2.24, 2.45) is 0 Å². The van der Waals surface area contributed by atoms with E-state index < -0.39 is 0 Å². The van der Waals surface area contributed by atoms with E-state index in [0.29, 0.717) is 30.6 Å². The highest BCUT2D eigenvalue weighted by Gasteiger charge is 2.26. The van der Waals surface area contributed by atoms with E-state index in [2.05, 4.69) is 19.7 Å². The Balaban J connectivity index is 1.37. The predicted octanol–water partition coefficient (Wildman–Crippen LogP) is 4.60. The molecule has 1 aliphatic heterocycles. The highest BCUT2D eigenvalue weighted by atomic mass is 32.2. The fourth-order valence-corrected chi connectivity index (χ4v) is 3.91. The maximum atomic E-state index is 6.11. The summed E-state index contributed by atoms with van der Waals surface area (Å²) in [5.41, 5.74) is 3.62. The van der Waals surface area contributed by atoms with Gasteiger partial charge in [0.15, 0.2) is 5.69 Å². The third kappa shape index (κ3) is 3.48. The van der Waals surface area contributed by atoms with E-state index >= 15 is 0 Å². The highest BCUT2D eigenvalue weighted by molar-refractivity contribution is 7.98. The number of aromatic nitrogens is 4. The van der Waals surface area contributed by atoms with Crippen LogP contribution in [-0.2, 0) is 17.9 Å². The molecule has 1 atom stereocenters. The van der Waals surface area contributed by atoms with Gasteiger partial charge in [-0.1, -0.05) is 17.3 Å². The molecule has 0 saturated carbocycles. The molecular weight excluding hydrogens is 400 g/mol. The Morgan fingerprint density at radius 3 is 2.63 bits per heavy atom. The number of rotatable bonds is 5. The average molecular weight is 420 g/mol. The van der Waals surface area contributed by atoms with Crippen molar-refractivity contribution in [3.63, 3.8) is 0 Å². The molecule has 5 rings (SSSR count). The lowest BCUT2D eigenvalue weighted by molar-refractivity contribution is 0.00328. The summed E-state index contributed by atoms with van der Waals surface area (Å²) < 4.78 is 18.9. The van der Waals surface area contributed by atoms with E-state index in [1.54, 1.807) is 25.2 Å². The number of benzene rings is 2. The Labute approximate surface area is 178 Å². The third-order valence-electron chi connectivity index (χ3n) is 5.19. The van der Waals surface area contributed by atoms with E-state index in [-0.39, 0.29) is 6.10 Å². The van der Waals surface area contributed by atoms with Crippen molar-refractivity contribution in [1.82, 2.24) is 19.7 Å². The summed E-state index contributed by atoms with van der Waals surface area (Å²) in [5, 5.41) is 4.13. The molecule has 7 nitrogen and oxygen atoms in total. The number of hydrogen-bond donors (Lipinski definition) is 0. The van der Waals surface area contributed by atoms with Crippen LogP contribution >= 0.6 is 11.8 Å². The Morgan fingerprint density at radius 1 is 1.10 bits per heavy atom. The quantitative estimate of drug-likeness (QED) is 0.437. The monoisotopic (exact) mass is 420 g/mol. The van der Waals surface area contributed by atoms with Crippen molar-refractivity contribution in [3.05, 3.63) is 66.1 Å². The molecular formula is C22H20N4O3S. The topological polar surface area (TPSA) is 75.2 Å². The number of imidazole rings is 1. The van der Waals surface area contributed by atoms with Crippen LogP contribution in [0.5, 0.6) is 5.75 Å². The molecule has 0 saturated heterocycles. The zero-order chi connectivity index (χ0) is 20.5. The van der Waals surface area contributed by atoms with Gasteiger partial charge in [0, 0.05) is 10.5 Å². The molecule has 0 N–H and O–H groups in total. The minimum absolute atomic E-state index is 0.0429. The molecule has 0 amide bonds. The van der Waals surface area contributed by atoms with E-state index in [4.69, 9.17) is 14.0 Å². The third-order valence-corrected chi connectivity index (χ3v) is 5.94. The van der Waals surface area contributed by atoms with Crippen molar-refractivity contribution in [3.8, 4) is 28.7 Å². The summed E-state index contributed by atoms with van der Waals surface area (Å²) in [5.74, 6) is 1.78. The SMILES string of the molecule is COc1ccc(C2Cn3cnc(-c4nc(-c5ccc(SC)cc5)no4)c3CO2)cc1. The minimum Gasteiger partial charge on any atom is -0.497 e. The first-order chi connectivity index (χ1) is 14.7. The number of fused-ring (bicyclic) bond motifs is 1. The number of thioether (sulfide) groups is 1. The zero-order valence-corrected chi connectivity index (χ0v) is 17.4. The van der Waals surface area contributed by atoms with Crippen LogP contribution in [0, 0.1) is 0 Å². The maximum Gasteiger partial charge on any atom is 0.278 e. The van der Waals surface area contributed by atoms with Gasteiger partial charge in [-0.2, -0.15) is 4.98 Å². The number of hydrogen-bond acceptors (Lipinski definition) is 7. The molecule has 0 fully saturated rings. The zero-order valence-electron chi connectivity index (χ0n) is 16.6. The van der Waals surface area contributed by atoms with Crippen LogP contribution in [0.25, 0.3) is 23.0 Å². The molecule has 1 aliphatic rings. The molecule has 0 radical (unpaired) electrons. The highest BCUT2D eigenvalue weighted by Crippen LogP contribution is 2.32. The predicted molar refractivity (Wildman–Crippen MR) is 113 cm³/mol. The second kappa shape index (κ2) is 7.97. The Morgan fingerprint density at radius 2 is 1.90 bits per heavy atom. The molecule has 2 aromatic heterocycles. The van der Waals surface area contributed by atoms with Crippen molar-refractivity contribution in [2.45, 2.75) is 24.2 Å². The van der Waals surface area contributed by atoms with Gasteiger partial charge in [0.25, 0.3) is 5.89 Å². The Bertz CT molecular complexity index is 1150. The van der Waals surface area contributed by atoms with E-state index in [1.165, 1.54) is 4.90 Å². The van der Waals surface area contributed by atoms with Crippen LogP contribution in [-0.4, -0.2) is 33.1 Å². The van der Waals surface area contributed by atoms with Gasteiger partial charge in [0.2, 0.25) is 5.82 Å². The van der Waals surface area contributed by atoms with Gasteiger partial charge in [-0.25, -0.2) is 4.98 Å². The summed E-state index contributed by atoms with van der Waals surface area (Å²) in [4.78, 5) is 10.3. The van der Waals surface area contributed by atoms with Crippen LogP contribution in [0.2, 0.25) is 0 Å². The molecule has 1 unspecified atom stereocenters. The van der Waals surface area contributed by atoms with Gasteiger partial charge in [0.1, 0.15) is 11.9 Å². The molecule has 0 bridgehead atoms. The van der Waals surface area contributed by atoms with E-state index in [0.717, 1.165) is 22.6 Å². The summed E-state index contributed by atoms with van der Waals surface area (Å²) in [7, 11) is 1.66. The number of ether oxygens (including phenoxy) is 2. The van der Waals surface area contributed by atoms with Gasteiger partial charge in [-0.3, -0.25) is 0 Å². The van der Waals surface area contributed by atoms with Crippen LogP contribution in [0.15, 0.2) is 64.3 Å². The van der Waals surface area contributed by atoms with Crippen molar-refractivity contribution < 1.29 is 14.0 Å². The van der Waals surface area contributed by atoms with Crippen LogP contribution in [0.3, 0.4) is 0 Å². The minimum atomic E-state index is -0.0429. The molecule has 0 spiro atoms. The van der Waals surface area contributed by atoms with Crippen LogP contribution in [0.4, 0.5) is 0 Å². The van der Waals surface area contributed by atoms with Crippen molar-refractivity contribution in [1.29, 1.82) is 0 Å². The van der Waals surface area contributed by atoms with E-state index in [1.807, 2.05) is 54.8 Å². The first-order valence-electron chi connectivity index (χ1n) is 9.53. The normalized spacial score (nSPS) is 15.7. The van der Waals surface area contributed by atoms with Gasteiger partial charge in [-0.15, -0.1) is 11.8 Å². The average Bonchev–Trinajstić information content (AvgIpc) is 3.46. The summed E-state index contributed by atoms with van der Waals surface area (Å²) in [6, 6.07) is 16.0. The maximum absolute atomic E-state index is 6.11. The van der Waals surface area contributed by atoms with E-state index in [9.17, 15) is 0 Å². The molecule has 152 valence electrons. The van der Waals surface area contributed by atoms with Crippen LogP contribution < -0.4 is 4.74 Å². The summed E-state index contributed by atoms with van der Waals surface area (Å²) in [6.45, 7) is 1.10. The molecule has 3 heterocycles. The lowest BCUT2D eigenvalue weighted by atomic mass is 10.1. The van der Waals surface area contributed by atoms with Gasteiger partial charge in [0.05, 0.1) is 32.3 Å². The summed E-state index contributed by atoms with van der Waals surface area (Å²) >= 11 is 1.69. The molecule has 2 aromatic carbocycles. The molecule has 30 heavy (non-hydrogen) atoms.